The zero-order valence-corrected chi connectivity index (χ0v) is 4.83. The largest absolute Gasteiger partial charge is 0.359 e. The summed E-state index contributed by atoms with van der Waals surface area (Å²) < 4.78 is 0. The second-order valence-electron chi connectivity index (χ2n) is 1.90. The highest BCUT2D eigenvalue weighted by molar-refractivity contribution is 5.31. The molecule has 0 saturated heterocycles. The highest BCUT2D eigenvalue weighted by Gasteiger charge is 2.11. The van der Waals surface area contributed by atoms with E-state index in [1.165, 1.54) is 0 Å². The van der Waals surface area contributed by atoms with Gasteiger partial charge in [-0.15, -0.1) is 0 Å². The molecule has 0 spiro atoms. The lowest BCUT2D eigenvalue weighted by Gasteiger charge is -2.13. The molecule has 0 unspecified atom stereocenters. The average Bonchev–Trinajstić information content (AvgIpc) is 2.33. The van der Waals surface area contributed by atoms with Gasteiger partial charge in [-0.25, -0.2) is 0 Å². The van der Waals surface area contributed by atoms with Gasteiger partial charge in [0.1, 0.15) is 0 Å². The number of hydrogen-bond donors (Lipinski definition) is 1. The third-order valence-electron chi connectivity index (χ3n) is 1.30. The van der Waals surface area contributed by atoms with Crippen LogP contribution in [0.25, 0.3) is 0 Å². The minimum atomic E-state index is 1.14. The van der Waals surface area contributed by atoms with E-state index in [4.69, 9.17) is 0 Å². The molecule has 0 aromatic heterocycles. The van der Waals surface area contributed by atoms with Crippen molar-refractivity contribution in [3.63, 3.8) is 0 Å². The summed E-state index contributed by atoms with van der Waals surface area (Å²) >= 11 is 0. The van der Waals surface area contributed by atoms with Gasteiger partial charge >= 0.3 is 0 Å². The first-order valence-corrected chi connectivity index (χ1v) is 2.82. The van der Waals surface area contributed by atoms with Crippen molar-refractivity contribution in [1.82, 2.24) is 10.2 Å². The SMILES string of the molecule is [C]1NC=C2C=CC=CN12. The molecule has 0 aliphatic carbocycles. The van der Waals surface area contributed by atoms with Gasteiger partial charge in [0, 0.05) is 12.4 Å². The maximum absolute atomic E-state index is 2.91. The molecule has 9 heavy (non-hydrogen) atoms. The summed E-state index contributed by atoms with van der Waals surface area (Å²) in [7, 11) is 0. The van der Waals surface area contributed by atoms with Crippen LogP contribution in [0.2, 0.25) is 0 Å². The Morgan fingerprint density at radius 1 is 1.44 bits per heavy atom. The molecule has 2 nitrogen and oxygen atoms in total. The lowest BCUT2D eigenvalue weighted by Crippen LogP contribution is -2.11. The minimum Gasteiger partial charge on any atom is -0.359 e. The number of nitrogens with zero attached hydrogens (tertiary/aromatic N) is 1. The monoisotopic (exact) mass is 118 g/mol. The summed E-state index contributed by atoms with van der Waals surface area (Å²) in [6.45, 7) is 2.91. The number of fused-ring (bicyclic) bond motifs is 1. The Hall–Kier alpha value is -1.18. The number of rotatable bonds is 0. The van der Waals surface area contributed by atoms with Crippen LogP contribution in [0, 0.1) is 6.67 Å². The first-order chi connectivity index (χ1) is 4.47. The van der Waals surface area contributed by atoms with Crippen molar-refractivity contribution in [1.29, 1.82) is 0 Å². The molecule has 0 fully saturated rings. The standard InChI is InChI=1S/C7H6N2/c1-2-4-9-6-8-5-7(9)3-1/h1-5,8H. The molecule has 2 aliphatic heterocycles. The fraction of sp³-hybridized carbons (Fsp3) is 0. The zero-order valence-electron chi connectivity index (χ0n) is 4.83. The Labute approximate surface area is 54.2 Å². The van der Waals surface area contributed by atoms with Gasteiger partial charge in [-0.05, 0) is 12.2 Å². The van der Waals surface area contributed by atoms with E-state index in [0.29, 0.717) is 0 Å². The lowest BCUT2D eigenvalue weighted by molar-refractivity contribution is 0.584. The van der Waals surface area contributed by atoms with Gasteiger partial charge in [0.2, 0.25) is 6.67 Å². The molecule has 0 aromatic rings. The minimum absolute atomic E-state index is 1.14. The van der Waals surface area contributed by atoms with Crippen LogP contribution in [0.3, 0.4) is 0 Å². The van der Waals surface area contributed by atoms with E-state index in [1.54, 1.807) is 0 Å². The zero-order chi connectivity index (χ0) is 6.10. The molecule has 0 amide bonds. The topological polar surface area (TPSA) is 15.3 Å². The molecule has 2 heteroatoms. The number of allylic oxidation sites excluding steroid dienone is 3. The third-order valence-corrected chi connectivity index (χ3v) is 1.30. The smallest absolute Gasteiger partial charge is 0.209 e. The fourth-order valence-electron chi connectivity index (χ4n) is 0.851. The van der Waals surface area contributed by atoms with Gasteiger partial charge in [-0.2, -0.15) is 0 Å². The molecule has 2 aliphatic rings. The average molecular weight is 118 g/mol. The maximum Gasteiger partial charge on any atom is 0.209 e. The summed E-state index contributed by atoms with van der Waals surface area (Å²) in [5, 5.41) is 2.88. The van der Waals surface area contributed by atoms with E-state index >= 15 is 0 Å². The van der Waals surface area contributed by atoms with Crippen LogP contribution in [-0.4, -0.2) is 4.90 Å². The normalized spacial score (nSPS) is 21.3. The number of hydrogen-bond acceptors (Lipinski definition) is 2. The summed E-state index contributed by atoms with van der Waals surface area (Å²) in [4.78, 5) is 1.90. The van der Waals surface area contributed by atoms with Crippen LogP contribution < -0.4 is 5.32 Å². The molecule has 1 N–H and O–H groups in total. The van der Waals surface area contributed by atoms with Crippen LogP contribution in [0.1, 0.15) is 0 Å². The second-order valence-corrected chi connectivity index (χ2v) is 1.90. The van der Waals surface area contributed by atoms with Gasteiger partial charge in [0.05, 0.1) is 5.70 Å². The molecular weight excluding hydrogens is 112 g/mol. The number of nitrogens with one attached hydrogen (secondary N) is 1. The Morgan fingerprint density at radius 2 is 2.44 bits per heavy atom. The van der Waals surface area contributed by atoms with E-state index < -0.39 is 0 Å². The lowest BCUT2D eigenvalue weighted by atomic mass is 10.3. The fourth-order valence-corrected chi connectivity index (χ4v) is 0.851. The Morgan fingerprint density at radius 3 is 3.33 bits per heavy atom. The van der Waals surface area contributed by atoms with Crippen LogP contribution in [0.15, 0.2) is 36.3 Å². The van der Waals surface area contributed by atoms with Gasteiger partial charge in [0.15, 0.2) is 0 Å². The first-order valence-electron chi connectivity index (χ1n) is 2.82. The van der Waals surface area contributed by atoms with Crippen LogP contribution >= 0.6 is 0 Å². The van der Waals surface area contributed by atoms with Gasteiger partial charge < -0.3 is 10.2 Å². The predicted molar refractivity (Wildman–Crippen MR) is 34.6 cm³/mol. The molecule has 0 atom stereocenters. The van der Waals surface area contributed by atoms with Crippen molar-refractivity contribution in [3.05, 3.63) is 43.0 Å². The highest BCUT2D eigenvalue weighted by Crippen LogP contribution is 2.15. The van der Waals surface area contributed by atoms with Crippen molar-refractivity contribution in [2.75, 3.05) is 0 Å². The summed E-state index contributed by atoms with van der Waals surface area (Å²) in [6.07, 6.45) is 9.84. The van der Waals surface area contributed by atoms with Gasteiger partial charge in [-0.1, -0.05) is 6.08 Å². The van der Waals surface area contributed by atoms with Crippen molar-refractivity contribution in [2.24, 2.45) is 0 Å². The van der Waals surface area contributed by atoms with E-state index in [2.05, 4.69) is 12.0 Å². The summed E-state index contributed by atoms with van der Waals surface area (Å²) in [5.41, 5.74) is 1.14. The summed E-state index contributed by atoms with van der Waals surface area (Å²) in [5.74, 6) is 0. The highest BCUT2D eigenvalue weighted by atomic mass is 15.3. The predicted octanol–water partition coefficient (Wildman–Crippen LogP) is 0.813. The molecular formula is C7H6N2. The van der Waals surface area contributed by atoms with Crippen LogP contribution in [0.5, 0.6) is 0 Å². The van der Waals surface area contributed by atoms with Crippen molar-refractivity contribution in [2.45, 2.75) is 0 Å². The molecule has 2 radical (unpaired) electrons. The second kappa shape index (κ2) is 1.65. The maximum atomic E-state index is 2.91. The Balaban J connectivity index is 2.33. The molecule has 2 heterocycles. The Kier molecular flexibility index (Phi) is 0.859. The van der Waals surface area contributed by atoms with Gasteiger partial charge in [0.25, 0.3) is 0 Å². The first kappa shape index (κ1) is 4.68. The van der Waals surface area contributed by atoms with Crippen LogP contribution in [-0.2, 0) is 0 Å². The van der Waals surface area contributed by atoms with Crippen molar-refractivity contribution < 1.29 is 0 Å². The summed E-state index contributed by atoms with van der Waals surface area (Å²) in [6, 6.07) is 0. The van der Waals surface area contributed by atoms with Crippen molar-refractivity contribution in [3.8, 4) is 0 Å². The van der Waals surface area contributed by atoms with Gasteiger partial charge in [-0.3, -0.25) is 0 Å². The van der Waals surface area contributed by atoms with Crippen LogP contribution in [0.4, 0.5) is 0 Å². The van der Waals surface area contributed by atoms with Crippen molar-refractivity contribution >= 4 is 0 Å². The molecule has 0 saturated carbocycles. The molecule has 44 valence electrons. The Bertz CT molecular complexity index is 198. The third kappa shape index (κ3) is 0.633. The molecule has 0 bridgehead atoms. The molecule has 2 rings (SSSR count). The van der Waals surface area contributed by atoms with E-state index in [0.717, 1.165) is 5.70 Å². The van der Waals surface area contributed by atoms with E-state index in [9.17, 15) is 0 Å². The molecule has 0 aromatic carbocycles. The van der Waals surface area contributed by atoms with E-state index in [1.807, 2.05) is 35.5 Å². The van der Waals surface area contributed by atoms with E-state index in [-0.39, 0.29) is 0 Å². The quantitative estimate of drug-likeness (QED) is 0.506.